The number of sulfone groups is 1. The van der Waals surface area contributed by atoms with Crippen molar-refractivity contribution in [2.75, 3.05) is 18.5 Å². The van der Waals surface area contributed by atoms with Crippen molar-refractivity contribution in [1.29, 1.82) is 0 Å². The van der Waals surface area contributed by atoms with Crippen LogP contribution < -0.4 is 10.6 Å². The Labute approximate surface area is 105 Å². The fraction of sp³-hybridized carbons (Fsp3) is 0.455. The van der Waals surface area contributed by atoms with Crippen LogP contribution in [0.2, 0.25) is 0 Å². The summed E-state index contributed by atoms with van der Waals surface area (Å²) >= 11 is 0. The fourth-order valence-corrected chi connectivity index (χ4v) is 2.25. The normalized spacial score (nSPS) is 13.7. The molecule has 2 N–H and O–H groups in total. The zero-order valence-electron chi connectivity index (χ0n) is 10.2. The molecule has 0 aliphatic carbocycles. The van der Waals surface area contributed by atoms with Gasteiger partial charge in [-0.3, -0.25) is 0 Å². The Kier molecular flexibility index (Phi) is 4.64. The van der Waals surface area contributed by atoms with Crippen LogP contribution in [0.3, 0.4) is 0 Å². The molecule has 0 heterocycles. The first-order valence-corrected chi connectivity index (χ1v) is 6.88. The van der Waals surface area contributed by atoms with Gasteiger partial charge in [-0.2, -0.15) is 8.78 Å². The quantitative estimate of drug-likeness (QED) is 0.886. The van der Waals surface area contributed by atoms with Crippen molar-refractivity contribution >= 4 is 15.5 Å². The Morgan fingerprint density at radius 3 is 2.17 bits per heavy atom. The van der Waals surface area contributed by atoms with E-state index in [9.17, 15) is 17.2 Å². The summed E-state index contributed by atoms with van der Waals surface area (Å²) in [5.41, 5.74) is 6.36. The van der Waals surface area contributed by atoms with Crippen LogP contribution in [0.5, 0.6) is 0 Å². The van der Waals surface area contributed by atoms with Crippen LogP contribution in [0, 0.1) is 0 Å². The van der Waals surface area contributed by atoms with Crippen molar-refractivity contribution < 1.29 is 17.2 Å². The molecule has 1 aromatic carbocycles. The molecule has 0 saturated heterocycles. The highest BCUT2D eigenvalue weighted by Gasteiger charge is 2.26. The molecule has 1 rings (SSSR count). The average Bonchev–Trinajstić information content (AvgIpc) is 2.28. The molecule has 0 aliphatic heterocycles. The number of rotatable bonds is 5. The number of halogens is 2. The molecular weight excluding hydrogens is 262 g/mol. The lowest BCUT2D eigenvalue weighted by molar-refractivity contribution is 0.234. The van der Waals surface area contributed by atoms with E-state index in [-0.39, 0.29) is 10.9 Å². The highest BCUT2D eigenvalue weighted by Crippen LogP contribution is 2.21. The third-order valence-corrected chi connectivity index (χ3v) is 3.80. The van der Waals surface area contributed by atoms with E-state index < -0.39 is 15.6 Å². The minimum Gasteiger partial charge on any atom is -0.373 e. The molecule has 0 radical (unpaired) electrons. The van der Waals surface area contributed by atoms with Gasteiger partial charge in [0.15, 0.2) is 0 Å². The van der Waals surface area contributed by atoms with Crippen molar-refractivity contribution in [3.8, 4) is 0 Å². The first kappa shape index (κ1) is 14.8. The van der Waals surface area contributed by atoms with E-state index in [0.717, 1.165) is 5.69 Å². The molecule has 1 atom stereocenters. The first-order chi connectivity index (χ1) is 8.25. The summed E-state index contributed by atoms with van der Waals surface area (Å²) in [6.07, 6.45) is 0. The van der Waals surface area contributed by atoms with E-state index in [0.29, 0.717) is 6.54 Å². The maximum Gasteiger partial charge on any atom is 0.341 e. The van der Waals surface area contributed by atoms with E-state index in [1.54, 1.807) is 7.05 Å². The Morgan fingerprint density at radius 2 is 1.78 bits per heavy atom. The van der Waals surface area contributed by atoms with Crippen molar-refractivity contribution in [2.24, 2.45) is 5.73 Å². The first-order valence-electron chi connectivity index (χ1n) is 5.34. The minimum atomic E-state index is -4.52. The maximum atomic E-state index is 12.3. The second-order valence-electron chi connectivity index (χ2n) is 4.16. The molecule has 18 heavy (non-hydrogen) atoms. The van der Waals surface area contributed by atoms with E-state index in [4.69, 9.17) is 5.73 Å². The molecule has 0 aromatic heterocycles. The van der Waals surface area contributed by atoms with Crippen LogP contribution in [0.25, 0.3) is 0 Å². The number of nitrogens with zero attached hydrogens (tertiary/aromatic N) is 1. The van der Waals surface area contributed by atoms with Gasteiger partial charge in [-0.25, -0.2) is 8.42 Å². The van der Waals surface area contributed by atoms with Gasteiger partial charge in [0, 0.05) is 25.3 Å². The van der Waals surface area contributed by atoms with Crippen LogP contribution in [0.4, 0.5) is 14.5 Å². The monoisotopic (exact) mass is 278 g/mol. The van der Waals surface area contributed by atoms with Crippen LogP contribution in [-0.2, 0) is 9.84 Å². The van der Waals surface area contributed by atoms with Gasteiger partial charge >= 0.3 is 5.76 Å². The van der Waals surface area contributed by atoms with E-state index >= 15 is 0 Å². The topological polar surface area (TPSA) is 63.4 Å². The molecule has 4 nitrogen and oxygen atoms in total. The van der Waals surface area contributed by atoms with Gasteiger partial charge in [-0.1, -0.05) is 0 Å². The van der Waals surface area contributed by atoms with E-state index in [2.05, 4.69) is 0 Å². The molecule has 0 fully saturated rings. The van der Waals surface area contributed by atoms with Crippen molar-refractivity contribution in [2.45, 2.75) is 23.6 Å². The van der Waals surface area contributed by atoms with Crippen molar-refractivity contribution in [1.82, 2.24) is 0 Å². The average molecular weight is 278 g/mol. The summed E-state index contributed by atoms with van der Waals surface area (Å²) in [6, 6.07) is 5.28. The van der Waals surface area contributed by atoms with Crippen LogP contribution in [-0.4, -0.2) is 33.8 Å². The van der Waals surface area contributed by atoms with E-state index in [1.165, 1.54) is 24.3 Å². The maximum absolute atomic E-state index is 12.3. The summed E-state index contributed by atoms with van der Waals surface area (Å²) in [7, 11) is -2.73. The lowest BCUT2D eigenvalue weighted by Gasteiger charge is -2.21. The molecular formula is C11H16F2N2O2S. The van der Waals surface area contributed by atoms with Gasteiger partial charge in [0.25, 0.3) is 0 Å². The standard InChI is InChI=1S/C11H16F2N2O2S/c1-8(14)7-15(2)9-3-5-10(6-4-9)18(16,17)11(12)13/h3-6,8,11H,7,14H2,1-2H3. The lowest BCUT2D eigenvalue weighted by Crippen LogP contribution is -2.32. The van der Waals surface area contributed by atoms with Crippen molar-refractivity contribution in [3.63, 3.8) is 0 Å². The molecule has 0 aliphatic rings. The number of nitrogens with two attached hydrogens (primary N) is 1. The summed E-state index contributed by atoms with van der Waals surface area (Å²) in [5.74, 6) is -3.40. The molecule has 0 saturated carbocycles. The van der Waals surface area contributed by atoms with Crippen LogP contribution in [0.1, 0.15) is 6.92 Å². The number of hydrogen-bond donors (Lipinski definition) is 1. The van der Waals surface area contributed by atoms with Crippen molar-refractivity contribution in [3.05, 3.63) is 24.3 Å². The molecule has 0 spiro atoms. The zero-order chi connectivity index (χ0) is 13.9. The number of alkyl halides is 2. The predicted molar refractivity (Wildman–Crippen MR) is 66.6 cm³/mol. The third kappa shape index (κ3) is 3.39. The summed E-state index contributed by atoms with van der Waals surface area (Å²) in [6.45, 7) is 2.42. The predicted octanol–water partition coefficient (Wildman–Crippen LogP) is 1.47. The van der Waals surface area contributed by atoms with Crippen LogP contribution in [0.15, 0.2) is 29.2 Å². The SMILES string of the molecule is CC(N)CN(C)c1ccc(S(=O)(=O)C(F)F)cc1. The Hall–Kier alpha value is -1.21. The largest absolute Gasteiger partial charge is 0.373 e. The van der Waals surface area contributed by atoms with Gasteiger partial charge in [-0.15, -0.1) is 0 Å². The highest BCUT2D eigenvalue weighted by molar-refractivity contribution is 7.91. The summed E-state index contributed by atoms with van der Waals surface area (Å²) in [4.78, 5) is 1.44. The Morgan fingerprint density at radius 1 is 1.28 bits per heavy atom. The number of anilines is 1. The third-order valence-electron chi connectivity index (χ3n) is 2.40. The second-order valence-corrected chi connectivity index (χ2v) is 6.08. The molecule has 102 valence electrons. The molecule has 1 aromatic rings. The molecule has 1 unspecified atom stereocenters. The van der Waals surface area contributed by atoms with Gasteiger partial charge in [-0.05, 0) is 31.2 Å². The molecule has 0 amide bonds. The smallest absolute Gasteiger partial charge is 0.341 e. The lowest BCUT2D eigenvalue weighted by atomic mass is 10.2. The zero-order valence-corrected chi connectivity index (χ0v) is 11.0. The number of likely N-dealkylation sites (N-methyl/N-ethyl adjacent to an activating group) is 1. The van der Waals surface area contributed by atoms with Gasteiger partial charge in [0.1, 0.15) is 0 Å². The summed E-state index contributed by atoms with van der Waals surface area (Å²) < 4.78 is 47.0. The number of hydrogen-bond acceptors (Lipinski definition) is 4. The Bertz CT molecular complexity index is 486. The van der Waals surface area contributed by atoms with Gasteiger partial charge in [0.2, 0.25) is 9.84 Å². The molecule has 0 bridgehead atoms. The van der Waals surface area contributed by atoms with Crippen LogP contribution >= 0.6 is 0 Å². The van der Waals surface area contributed by atoms with Gasteiger partial charge < -0.3 is 10.6 Å². The molecule has 7 heteroatoms. The fourth-order valence-electron chi connectivity index (χ4n) is 1.53. The number of benzene rings is 1. The van der Waals surface area contributed by atoms with E-state index in [1.807, 2.05) is 11.8 Å². The van der Waals surface area contributed by atoms with Gasteiger partial charge in [0.05, 0.1) is 4.90 Å². The Balaban J connectivity index is 2.94. The second kappa shape index (κ2) is 5.62. The highest BCUT2D eigenvalue weighted by atomic mass is 32.2. The minimum absolute atomic E-state index is 0.0422. The summed E-state index contributed by atoms with van der Waals surface area (Å²) in [5, 5.41) is 0.